The highest BCUT2D eigenvalue weighted by atomic mass is 79.9. The highest BCUT2D eigenvalue weighted by Gasteiger charge is 2.36. The lowest BCUT2D eigenvalue weighted by Gasteiger charge is -2.31. The fourth-order valence-corrected chi connectivity index (χ4v) is 5.71. The molecule has 27 heavy (non-hydrogen) atoms. The maximum atomic E-state index is 13.0. The number of aryl methyl sites for hydroxylation is 3. The Kier molecular flexibility index (Phi) is 5.73. The molecule has 146 valence electrons. The number of nitrogens with zero attached hydrogens (tertiary/aromatic N) is 2. The molecule has 0 spiro atoms. The van der Waals surface area contributed by atoms with Gasteiger partial charge in [0.1, 0.15) is 10.6 Å². The first-order valence-electron chi connectivity index (χ1n) is 8.70. The summed E-state index contributed by atoms with van der Waals surface area (Å²) in [6, 6.07) is 5.67. The molecule has 3 rings (SSSR count). The van der Waals surface area contributed by atoms with Crippen molar-refractivity contribution >= 4 is 37.5 Å². The highest BCUT2D eigenvalue weighted by molar-refractivity contribution is 9.10. The summed E-state index contributed by atoms with van der Waals surface area (Å²) in [7, 11) is -3.75. The maximum absolute atomic E-state index is 13.0. The van der Waals surface area contributed by atoms with Gasteiger partial charge in [0.05, 0.1) is 11.6 Å². The van der Waals surface area contributed by atoms with E-state index in [2.05, 4.69) is 26.4 Å². The van der Waals surface area contributed by atoms with Gasteiger partial charge in [0.15, 0.2) is 5.76 Å². The Labute approximate surface area is 167 Å². The number of halogens is 1. The molecule has 7 nitrogen and oxygen atoms in total. The van der Waals surface area contributed by atoms with E-state index >= 15 is 0 Å². The van der Waals surface area contributed by atoms with Crippen molar-refractivity contribution in [2.45, 2.75) is 38.5 Å². The highest BCUT2D eigenvalue weighted by Crippen LogP contribution is 2.29. The number of anilines is 1. The first-order valence-corrected chi connectivity index (χ1v) is 10.9. The molecule has 1 aliphatic heterocycles. The second-order valence-corrected chi connectivity index (χ2v) is 9.56. The lowest BCUT2D eigenvalue weighted by atomic mass is 9.98. The number of carbonyl (C=O) groups excluding carboxylic acids is 1. The van der Waals surface area contributed by atoms with Crippen LogP contribution in [0.1, 0.15) is 29.9 Å². The van der Waals surface area contributed by atoms with Gasteiger partial charge in [-0.2, -0.15) is 4.31 Å². The third-order valence-electron chi connectivity index (χ3n) is 4.70. The van der Waals surface area contributed by atoms with Crippen molar-refractivity contribution in [3.63, 3.8) is 0 Å². The summed E-state index contributed by atoms with van der Waals surface area (Å²) < 4.78 is 33.2. The molecule has 2 heterocycles. The number of sulfonamides is 1. The minimum atomic E-state index is -3.75. The van der Waals surface area contributed by atoms with Crippen LogP contribution in [0, 0.1) is 26.7 Å². The maximum Gasteiger partial charge on any atom is 0.248 e. The van der Waals surface area contributed by atoms with Gasteiger partial charge in [0.2, 0.25) is 15.9 Å². The van der Waals surface area contributed by atoms with Crippen LogP contribution in [0.3, 0.4) is 0 Å². The van der Waals surface area contributed by atoms with E-state index in [0.717, 1.165) is 10.0 Å². The lowest BCUT2D eigenvalue weighted by molar-refractivity contribution is -0.120. The van der Waals surface area contributed by atoms with Crippen molar-refractivity contribution in [3.8, 4) is 0 Å². The number of rotatable bonds is 4. The molecule has 0 saturated carbocycles. The molecule has 2 aromatic rings. The summed E-state index contributed by atoms with van der Waals surface area (Å²) in [4.78, 5) is 12.8. The topological polar surface area (TPSA) is 92.5 Å². The van der Waals surface area contributed by atoms with E-state index in [4.69, 9.17) is 4.52 Å². The molecular weight excluding hydrogens is 434 g/mol. The molecule has 0 radical (unpaired) electrons. The van der Waals surface area contributed by atoms with Gasteiger partial charge in [-0.25, -0.2) is 8.42 Å². The molecule has 1 saturated heterocycles. The fraction of sp³-hybridized carbons (Fsp3) is 0.444. The average molecular weight is 456 g/mol. The van der Waals surface area contributed by atoms with Crippen molar-refractivity contribution in [2.24, 2.45) is 5.92 Å². The summed E-state index contributed by atoms with van der Waals surface area (Å²) in [5, 5.41) is 6.64. The first-order chi connectivity index (χ1) is 12.7. The zero-order valence-corrected chi connectivity index (χ0v) is 17.9. The van der Waals surface area contributed by atoms with Gasteiger partial charge in [-0.15, -0.1) is 0 Å². The SMILES string of the molecule is Cc1ccc(NC(=O)[C@H]2CCCN(S(=O)(=O)c3c(C)noc3C)C2)c(Br)c1. The summed E-state index contributed by atoms with van der Waals surface area (Å²) in [6.45, 7) is 5.67. The van der Waals surface area contributed by atoms with Crippen LogP contribution in [0.4, 0.5) is 5.69 Å². The van der Waals surface area contributed by atoms with Crippen LogP contribution < -0.4 is 5.32 Å². The molecule has 1 aromatic heterocycles. The van der Waals surface area contributed by atoms with Crippen LogP contribution in [-0.4, -0.2) is 36.9 Å². The van der Waals surface area contributed by atoms with Gasteiger partial charge in [-0.3, -0.25) is 4.79 Å². The number of nitrogens with one attached hydrogen (secondary N) is 1. The number of benzene rings is 1. The van der Waals surface area contributed by atoms with E-state index in [-0.39, 0.29) is 23.1 Å². The zero-order chi connectivity index (χ0) is 19.8. The molecule has 1 aromatic carbocycles. The Hall–Kier alpha value is -1.71. The number of hydrogen-bond donors (Lipinski definition) is 1. The molecule has 1 fully saturated rings. The van der Waals surface area contributed by atoms with Crippen LogP contribution in [0.5, 0.6) is 0 Å². The number of hydrogen-bond acceptors (Lipinski definition) is 5. The van der Waals surface area contributed by atoms with E-state index in [1.54, 1.807) is 13.8 Å². The van der Waals surface area contributed by atoms with Crippen LogP contribution >= 0.6 is 15.9 Å². The van der Waals surface area contributed by atoms with Crippen LogP contribution in [0.2, 0.25) is 0 Å². The Balaban J connectivity index is 1.76. The molecule has 1 atom stereocenters. The van der Waals surface area contributed by atoms with Crippen LogP contribution in [0.25, 0.3) is 0 Å². The molecule has 1 amide bonds. The van der Waals surface area contributed by atoms with Crippen molar-refractivity contribution in [3.05, 3.63) is 39.7 Å². The lowest BCUT2D eigenvalue weighted by Crippen LogP contribution is -2.43. The van der Waals surface area contributed by atoms with Crippen LogP contribution in [0.15, 0.2) is 32.1 Å². The fourth-order valence-electron chi connectivity index (χ4n) is 3.30. The summed E-state index contributed by atoms with van der Waals surface area (Å²) in [6.07, 6.45) is 1.26. The normalized spacial score (nSPS) is 18.4. The van der Waals surface area contributed by atoms with Crippen molar-refractivity contribution in [1.29, 1.82) is 0 Å². The molecule has 0 unspecified atom stereocenters. The van der Waals surface area contributed by atoms with E-state index in [9.17, 15) is 13.2 Å². The quantitative estimate of drug-likeness (QED) is 0.762. The zero-order valence-electron chi connectivity index (χ0n) is 15.5. The van der Waals surface area contributed by atoms with Gasteiger partial charge in [-0.1, -0.05) is 11.2 Å². The van der Waals surface area contributed by atoms with Gasteiger partial charge < -0.3 is 9.84 Å². The molecule has 1 aliphatic rings. The average Bonchev–Trinajstić information content (AvgIpc) is 2.96. The van der Waals surface area contributed by atoms with Gasteiger partial charge in [-0.05, 0) is 67.2 Å². The Bertz CT molecular complexity index is 951. The van der Waals surface area contributed by atoms with E-state index < -0.39 is 15.9 Å². The summed E-state index contributed by atoms with van der Waals surface area (Å²) in [5.74, 6) is -0.330. The minimum absolute atomic E-state index is 0.102. The second-order valence-electron chi connectivity index (χ2n) is 6.83. The standard InChI is InChI=1S/C18H22BrN3O4S/c1-11-6-7-16(15(19)9-11)20-18(23)14-5-4-8-22(10-14)27(24,25)17-12(2)21-26-13(17)3/h6-7,9,14H,4-5,8,10H2,1-3H3,(H,20,23)/t14-/m0/s1. The third-order valence-corrected chi connectivity index (χ3v) is 7.47. The van der Waals surface area contributed by atoms with E-state index in [1.807, 2.05) is 25.1 Å². The molecule has 1 N–H and O–H groups in total. The first kappa shape index (κ1) is 20.0. The Morgan fingerprint density at radius 3 is 2.70 bits per heavy atom. The van der Waals surface area contributed by atoms with Gasteiger partial charge in [0.25, 0.3) is 0 Å². The molecular formula is C18H22BrN3O4S. The summed E-state index contributed by atoms with van der Waals surface area (Å²) >= 11 is 3.45. The number of aromatic nitrogens is 1. The largest absolute Gasteiger partial charge is 0.360 e. The number of amides is 1. The van der Waals surface area contributed by atoms with Crippen molar-refractivity contribution in [1.82, 2.24) is 9.46 Å². The number of carbonyl (C=O) groups is 1. The van der Waals surface area contributed by atoms with Gasteiger partial charge in [0, 0.05) is 17.6 Å². The number of piperidine rings is 1. The Morgan fingerprint density at radius 2 is 2.07 bits per heavy atom. The summed E-state index contributed by atoms with van der Waals surface area (Å²) in [5.41, 5.74) is 2.09. The van der Waals surface area contributed by atoms with Gasteiger partial charge >= 0.3 is 0 Å². The minimum Gasteiger partial charge on any atom is -0.360 e. The van der Waals surface area contributed by atoms with Crippen molar-refractivity contribution < 1.29 is 17.7 Å². The molecule has 0 aliphatic carbocycles. The van der Waals surface area contributed by atoms with E-state index in [1.165, 1.54) is 4.31 Å². The van der Waals surface area contributed by atoms with Crippen LogP contribution in [-0.2, 0) is 14.8 Å². The molecule has 0 bridgehead atoms. The predicted octanol–water partition coefficient (Wildman–Crippen LogP) is 3.40. The second kappa shape index (κ2) is 7.73. The predicted molar refractivity (Wildman–Crippen MR) is 105 cm³/mol. The molecule has 9 heteroatoms. The Morgan fingerprint density at radius 1 is 1.33 bits per heavy atom. The smallest absolute Gasteiger partial charge is 0.248 e. The monoisotopic (exact) mass is 455 g/mol. The third kappa shape index (κ3) is 4.09. The van der Waals surface area contributed by atoms with Crippen molar-refractivity contribution in [2.75, 3.05) is 18.4 Å². The van der Waals surface area contributed by atoms with E-state index in [0.29, 0.717) is 30.8 Å².